The first-order chi connectivity index (χ1) is 15.1. The molecule has 0 amide bonds. The van der Waals surface area contributed by atoms with E-state index in [0.29, 0.717) is 47.0 Å². The highest BCUT2D eigenvalue weighted by atomic mass is 19.4. The lowest BCUT2D eigenvalue weighted by molar-refractivity contribution is -0.137. The van der Waals surface area contributed by atoms with Gasteiger partial charge in [-0.1, -0.05) is 0 Å². The minimum absolute atomic E-state index is 0.122. The number of hydrogen-bond donors (Lipinski definition) is 2. The van der Waals surface area contributed by atoms with Gasteiger partial charge >= 0.3 is 6.18 Å². The van der Waals surface area contributed by atoms with Crippen LogP contribution in [0.15, 0.2) is 18.3 Å². The molecule has 5 atom stereocenters. The lowest BCUT2D eigenvalue weighted by Crippen LogP contribution is -2.47. The summed E-state index contributed by atoms with van der Waals surface area (Å²) in [6.07, 6.45) is -0.906. The van der Waals surface area contributed by atoms with Crippen molar-refractivity contribution < 1.29 is 17.9 Å². The van der Waals surface area contributed by atoms with Crippen molar-refractivity contribution in [3.8, 4) is 11.3 Å². The molecule has 2 aromatic heterocycles. The molecule has 174 valence electrons. The Morgan fingerprint density at radius 1 is 1.16 bits per heavy atom. The Labute approximate surface area is 185 Å². The number of nitrogens with one attached hydrogen (secondary N) is 1. The van der Waals surface area contributed by atoms with Crippen LogP contribution in [0.4, 0.5) is 19.0 Å². The van der Waals surface area contributed by atoms with Gasteiger partial charge in [-0.3, -0.25) is 4.68 Å². The van der Waals surface area contributed by atoms with Crippen LogP contribution in [0.25, 0.3) is 11.3 Å². The highest BCUT2D eigenvalue weighted by Gasteiger charge is 2.58. The zero-order valence-electron chi connectivity index (χ0n) is 18.6. The Bertz CT molecular complexity index is 988. The summed E-state index contributed by atoms with van der Waals surface area (Å²) in [5.74, 6) is 1.73. The fraction of sp³-hybridized carbons (Fsp3) is 0.652. The summed E-state index contributed by atoms with van der Waals surface area (Å²) in [6, 6.07) is 4.13. The van der Waals surface area contributed by atoms with E-state index >= 15 is 0 Å². The van der Waals surface area contributed by atoms with E-state index in [1.807, 2.05) is 24.6 Å². The third-order valence-corrected chi connectivity index (χ3v) is 7.43. The number of hydrogen-bond acceptors (Lipinski definition) is 5. The van der Waals surface area contributed by atoms with Crippen LogP contribution in [0.5, 0.6) is 0 Å². The minimum Gasteiger partial charge on any atom is -0.383 e. The average Bonchev–Trinajstić information content (AvgIpc) is 3.02. The number of nitrogens with two attached hydrogens (primary N) is 1. The third kappa shape index (κ3) is 3.79. The van der Waals surface area contributed by atoms with Gasteiger partial charge in [0.15, 0.2) is 0 Å². The molecule has 3 aliphatic rings. The standard InChI is InChI=1S/C23H30F3N5O/c1-11(2)31-20(7-19(30-31)13-4-18(23(24,25)26)22(27)28-8-13)21-16-5-15(6-17(16)21)29-12(3)14-9-32-10-14/h4,7-8,11-12,14-17,21,29H,5-6,9-10H2,1-3H3,(H2,27,28)/t12?,15?,16-,17+,21?. The van der Waals surface area contributed by atoms with Crippen molar-refractivity contribution in [2.24, 2.45) is 17.8 Å². The summed E-state index contributed by atoms with van der Waals surface area (Å²) in [4.78, 5) is 3.78. The number of fused-ring (bicyclic) bond motifs is 1. The van der Waals surface area contributed by atoms with Gasteiger partial charge in [0.1, 0.15) is 5.82 Å². The van der Waals surface area contributed by atoms with Gasteiger partial charge in [0.2, 0.25) is 0 Å². The summed E-state index contributed by atoms with van der Waals surface area (Å²) in [6.45, 7) is 8.04. The first-order valence-corrected chi connectivity index (χ1v) is 11.4. The molecule has 3 heterocycles. The van der Waals surface area contributed by atoms with Crippen LogP contribution < -0.4 is 11.1 Å². The van der Waals surface area contributed by atoms with Crippen molar-refractivity contribution >= 4 is 5.82 Å². The first kappa shape index (κ1) is 21.7. The Kier molecular flexibility index (Phi) is 5.24. The van der Waals surface area contributed by atoms with Crippen LogP contribution in [0.3, 0.4) is 0 Å². The van der Waals surface area contributed by atoms with Crippen LogP contribution in [0, 0.1) is 17.8 Å². The van der Waals surface area contributed by atoms with Crippen LogP contribution in [0.2, 0.25) is 0 Å². The van der Waals surface area contributed by atoms with E-state index < -0.39 is 17.6 Å². The van der Waals surface area contributed by atoms with Gasteiger partial charge in [0.05, 0.1) is 24.5 Å². The van der Waals surface area contributed by atoms with Crippen molar-refractivity contribution in [1.29, 1.82) is 0 Å². The number of aromatic nitrogens is 3. The van der Waals surface area contributed by atoms with Gasteiger partial charge < -0.3 is 15.8 Å². The summed E-state index contributed by atoms with van der Waals surface area (Å²) < 4.78 is 47.2. The van der Waals surface area contributed by atoms with E-state index in [1.54, 1.807) is 0 Å². The normalized spacial score (nSPS) is 28.6. The number of pyridine rings is 1. The van der Waals surface area contributed by atoms with Gasteiger partial charge in [-0.25, -0.2) is 4.98 Å². The van der Waals surface area contributed by atoms with Crippen LogP contribution in [0.1, 0.15) is 56.8 Å². The van der Waals surface area contributed by atoms with Gasteiger partial charge in [0, 0.05) is 47.4 Å². The number of ether oxygens (including phenoxy) is 1. The second-order valence-electron chi connectivity index (χ2n) is 9.92. The maximum Gasteiger partial charge on any atom is 0.419 e. The molecule has 0 bridgehead atoms. The highest BCUT2D eigenvalue weighted by molar-refractivity contribution is 5.63. The minimum atomic E-state index is -4.55. The Morgan fingerprint density at radius 2 is 1.84 bits per heavy atom. The molecule has 6 nitrogen and oxygen atoms in total. The molecule has 0 radical (unpaired) electrons. The second-order valence-corrected chi connectivity index (χ2v) is 9.92. The van der Waals surface area contributed by atoms with Gasteiger partial charge in [-0.15, -0.1) is 0 Å². The van der Waals surface area contributed by atoms with Crippen molar-refractivity contribution in [1.82, 2.24) is 20.1 Å². The second kappa shape index (κ2) is 7.73. The average molecular weight is 450 g/mol. The van der Waals surface area contributed by atoms with E-state index in [1.165, 1.54) is 6.20 Å². The SMILES string of the molecule is CC(NC1C[C@@H]2C(c3cc(-c4cnc(N)c(C(F)(F)F)c4)nn3C(C)C)[C@@H]2C1)C1COC1. The lowest BCUT2D eigenvalue weighted by Gasteiger charge is -2.34. The smallest absolute Gasteiger partial charge is 0.383 e. The fourth-order valence-electron chi connectivity index (χ4n) is 5.52. The lowest BCUT2D eigenvalue weighted by atomic mass is 9.97. The number of nitrogens with zero attached hydrogens (tertiary/aromatic N) is 3. The van der Waals surface area contributed by atoms with Crippen molar-refractivity contribution in [2.75, 3.05) is 18.9 Å². The molecule has 0 aromatic carbocycles. The zero-order chi connectivity index (χ0) is 22.8. The summed E-state index contributed by atoms with van der Waals surface area (Å²) in [5, 5.41) is 8.45. The molecule has 2 aliphatic carbocycles. The molecule has 1 saturated heterocycles. The predicted octanol–water partition coefficient (Wildman–Crippen LogP) is 4.24. The molecule has 32 heavy (non-hydrogen) atoms. The monoisotopic (exact) mass is 449 g/mol. The Morgan fingerprint density at radius 3 is 2.41 bits per heavy atom. The molecule has 9 heteroatoms. The van der Waals surface area contributed by atoms with Gasteiger partial charge in [-0.2, -0.15) is 18.3 Å². The maximum atomic E-state index is 13.3. The van der Waals surface area contributed by atoms with E-state index in [2.05, 4.69) is 22.3 Å². The quantitative estimate of drug-likeness (QED) is 0.690. The topological polar surface area (TPSA) is 78.0 Å². The summed E-state index contributed by atoms with van der Waals surface area (Å²) in [5.41, 5.74) is 6.53. The summed E-state index contributed by atoms with van der Waals surface area (Å²) in [7, 11) is 0. The highest BCUT2D eigenvalue weighted by Crippen LogP contribution is 2.63. The van der Waals surface area contributed by atoms with E-state index in [-0.39, 0.29) is 6.04 Å². The van der Waals surface area contributed by atoms with Crippen LogP contribution >= 0.6 is 0 Å². The molecular weight excluding hydrogens is 419 g/mol. The zero-order valence-corrected chi connectivity index (χ0v) is 18.6. The third-order valence-electron chi connectivity index (χ3n) is 7.43. The summed E-state index contributed by atoms with van der Waals surface area (Å²) >= 11 is 0. The number of rotatable bonds is 6. The molecular formula is C23H30F3N5O. The largest absolute Gasteiger partial charge is 0.419 e. The predicted molar refractivity (Wildman–Crippen MR) is 115 cm³/mol. The van der Waals surface area contributed by atoms with Crippen LogP contribution in [-0.2, 0) is 10.9 Å². The number of nitrogen functional groups attached to an aromatic ring is 1. The first-order valence-electron chi connectivity index (χ1n) is 11.4. The van der Waals surface area contributed by atoms with E-state index in [4.69, 9.17) is 10.5 Å². The number of halogens is 3. The fourth-order valence-corrected chi connectivity index (χ4v) is 5.52. The van der Waals surface area contributed by atoms with Gasteiger partial charge in [0.25, 0.3) is 0 Å². The van der Waals surface area contributed by atoms with Crippen molar-refractivity contribution in [3.63, 3.8) is 0 Å². The molecule has 3 unspecified atom stereocenters. The molecule has 3 N–H and O–H groups in total. The molecule has 1 aliphatic heterocycles. The van der Waals surface area contributed by atoms with Gasteiger partial charge in [-0.05, 0) is 57.6 Å². The number of anilines is 1. The molecule has 2 aromatic rings. The molecule has 3 fully saturated rings. The van der Waals surface area contributed by atoms with Crippen molar-refractivity contribution in [3.05, 3.63) is 29.6 Å². The van der Waals surface area contributed by atoms with Crippen molar-refractivity contribution in [2.45, 2.75) is 63.8 Å². The molecule has 0 spiro atoms. The van der Waals surface area contributed by atoms with Crippen LogP contribution in [-0.4, -0.2) is 40.1 Å². The molecule has 2 saturated carbocycles. The maximum absolute atomic E-state index is 13.3. The Hall–Kier alpha value is -2.13. The number of alkyl halides is 3. The van der Waals surface area contributed by atoms with E-state index in [0.717, 1.165) is 37.8 Å². The Balaban J connectivity index is 1.34. The van der Waals surface area contributed by atoms with E-state index in [9.17, 15) is 13.2 Å². The molecule has 5 rings (SSSR count).